The normalized spacial score (nSPS) is 10.6. The van der Waals surface area contributed by atoms with E-state index in [-0.39, 0.29) is 25.4 Å². The Hall–Kier alpha value is -4.31. The molecule has 0 fully saturated rings. The third-order valence-electron chi connectivity index (χ3n) is 6.17. The molecule has 4 aromatic rings. The quantitative estimate of drug-likeness (QED) is 0.226. The molecule has 0 amide bonds. The van der Waals surface area contributed by atoms with E-state index in [0.717, 1.165) is 33.4 Å². The molecule has 0 atom stereocenters. The van der Waals surface area contributed by atoms with Crippen molar-refractivity contribution >= 4 is 5.78 Å². The molecule has 1 heterocycles. The molecule has 0 aliphatic carbocycles. The minimum absolute atomic E-state index is 0.0164. The first kappa shape index (κ1) is 25.8. The number of hydrogen-bond donors (Lipinski definition) is 2. The summed E-state index contributed by atoms with van der Waals surface area (Å²) in [5, 5.41) is 21.4. The maximum Gasteiger partial charge on any atom is 0.185 e. The van der Waals surface area contributed by atoms with Gasteiger partial charge in [-0.1, -0.05) is 60.7 Å². The summed E-state index contributed by atoms with van der Waals surface area (Å²) in [5.41, 5.74) is 6.77. The molecule has 6 heteroatoms. The van der Waals surface area contributed by atoms with Crippen molar-refractivity contribution in [2.75, 3.05) is 13.2 Å². The molecule has 37 heavy (non-hydrogen) atoms. The lowest BCUT2D eigenvalue weighted by molar-refractivity contribution is 0.0987. The average molecular weight is 492 g/mol. The first-order chi connectivity index (χ1) is 18.1. The Morgan fingerprint density at radius 3 is 2.62 bits per heavy atom. The number of aliphatic hydroxyl groups excluding tert-OH is 1. The zero-order valence-corrected chi connectivity index (χ0v) is 20.8. The Balaban J connectivity index is 1.56. The van der Waals surface area contributed by atoms with Crippen LogP contribution in [-0.4, -0.2) is 29.0 Å². The number of ketones is 1. The highest BCUT2D eigenvalue weighted by Gasteiger charge is 2.16. The van der Waals surface area contributed by atoms with Crippen LogP contribution in [0.5, 0.6) is 5.75 Å². The molecular weight excluding hydrogens is 462 g/mol. The van der Waals surface area contributed by atoms with Crippen molar-refractivity contribution in [1.82, 2.24) is 10.3 Å². The zero-order chi connectivity index (χ0) is 26.0. The van der Waals surface area contributed by atoms with Gasteiger partial charge < -0.3 is 15.2 Å². The highest BCUT2D eigenvalue weighted by molar-refractivity contribution is 5.96. The van der Waals surface area contributed by atoms with Crippen LogP contribution in [0.4, 0.5) is 0 Å². The summed E-state index contributed by atoms with van der Waals surface area (Å²) < 4.78 is 6.09. The molecule has 3 aromatic carbocycles. The number of hydrogen-bond acceptors (Lipinski definition) is 6. The lowest BCUT2D eigenvalue weighted by Gasteiger charge is -2.14. The monoisotopic (exact) mass is 491 g/mol. The van der Waals surface area contributed by atoms with E-state index in [4.69, 9.17) is 15.1 Å². The summed E-state index contributed by atoms with van der Waals surface area (Å²) in [6.07, 6.45) is 1.87. The molecule has 0 spiro atoms. The predicted molar refractivity (Wildman–Crippen MR) is 143 cm³/mol. The molecule has 0 saturated carbocycles. The van der Waals surface area contributed by atoms with E-state index in [1.54, 1.807) is 24.4 Å². The first-order valence-electron chi connectivity index (χ1n) is 12.2. The number of pyridine rings is 1. The van der Waals surface area contributed by atoms with Gasteiger partial charge in [-0.05, 0) is 46.9 Å². The zero-order valence-electron chi connectivity index (χ0n) is 20.8. The molecular formula is C31H29N3O3. The van der Waals surface area contributed by atoms with Crippen molar-refractivity contribution in [3.05, 3.63) is 119 Å². The van der Waals surface area contributed by atoms with Crippen LogP contribution in [0.1, 0.15) is 38.3 Å². The van der Waals surface area contributed by atoms with Crippen molar-refractivity contribution in [2.45, 2.75) is 26.5 Å². The van der Waals surface area contributed by atoms with Gasteiger partial charge in [0.2, 0.25) is 0 Å². The molecule has 4 rings (SSSR count). The molecule has 0 bridgehead atoms. The molecule has 6 nitrogen and oxygen atoms in total. The molecule has 0 saturated heterocycles. The molecule has 2 N–H and O–H groups in total. The molecule has 1 aromatic heterocycles. The van der Waals surface area contributed by atoms with E-state index < -0.39 is 0 Å². The van der Waals surface area contributed by atoms with Crippen molar-refractivity contribution in [1.29, 1.82) is 5.26 Å². The number of nitrogens with zero attached hydrogens (tertiary/aromatic N) is 2. The SMILES string of the molecule is Cc1c(CC(=O)c2cc(OCc3cccc(C#N)c3)c(CNCCO)cn2)cccc1-c1ccccc1. The number of nitriles is 1. The number of nitrogens with one attached hydrogen (secondary N) is 1. The second-order valence-electron chi connectivity index (χ2n) is 8.73. The van der Waals surface area contributed by atoms with Crippen molar-refractivity contribution < 1.29 is 14.6 Å². The van der Waals surface area contributed by atoms with Gasteiger partial charge in [0.25, 0.3) is 0 Å². The molecule has 0 aliphatic rings. The first-order valence-corrected chi connectivity index (χ1v) is 12.2. The van der Waals surface area contributed by atoms with Gasteiger partial charge in [-0.3, -0.25) is 9.78 Å². The second-order valence-corrected chi connectivity index (χ2v) is 8.73. The summed E-state index contributed by atoms with van der Waals surface area (Å²) in [7, 11) is 0. The third-order valence-corrected chi connectivity index (χ3v) is 6.17. The minimum atomic E-state index is -0.0977. The summed E-state index contributed by atoms with van der Waals surface area (Å²) in [4.78, 5) is 17.7. The van der Waals surface area contributed by atoms with Crippen LogP contribution in [0, 0.1) is 18.3 Å². The Kier molecular flexibility index (Phi) is 8.77. The fourth-order valence-electron chi connectivity index (χ4n) is 4.15. The largest absolute Gasteiger partial charge is 0.488 e. The summed E-state index contributed by atoms with van der Waals surface area (Å²) >= 11 is 0. The lowest BCUT2D eigenvalue weighted by Crippen LogP contribution is -2.19. The highest BCUT2D eigenvalue weighted by Crippen LogP contribution is 2.27. The summed E-state index contributed by atoms with van der Waals surface area (Å²) in [6.45, 7) is 3.17. The Labute approximate surface area is 217 Å². The van der Waals surface area contributed by atoms with E-state index in [1.807, 2.05) is 49.4 Å². The number of ether oxygens (including phenoxy) is 1. The number of carbonyl (C=O) groups is 1. The average Bonchev–Trinajstić information content (AvgIpc) is 2.94. The van der Waals surface area contributed by atoms with Crippen LogP contribution in [-0.2, 0) is 19.6 Å². The Morgan fingerprint density at radius 2 is 1.84 bits per heavy atom. The van der Waals surface area contributed by atoms with E-state index in [1.165, 1.54) is 0 Å². The topological polar surface area (TPSA) is 95.2 Å². The van der Waals surface area contributed by atoms with Crippen LogP contribution in [0.15, 0.2) is 85.1 Å². The van der Waals surface area contributed by atoms with E-state index in [0.29, 0.717) is 30.1 Å². The number of rotatable bonds is 11. The van der Waals surface area contributed by atoms with E-state index in [2.05, 4.69) is 34.6 Å². The van der Waals surface area contributed by atoms with Crippen LogP contribution in [0.2, 0.25) is 0 Å². The van der Waals surface area contributed by atoms with Gasteiger partial charge >= 0.3 is 0 Å². The lowest BCUT2D eigenvalue weighted by atomic mass is 9.93. The van der Waals surface area contributed by atoms with Crippen molar-refractivity contribution in [3.8, 4) is 22.9 Å². The fraction of sp³-hybridized carbons (Fsp3) is 0.194. The summed E-state index contributed by atoms with van der Waals surface area (Å²) in [5.74, 6) is 0.445. The smallest absolute Gasteiger partial charge is 0.185 e. The van der Waals surface area contributed by atoms with Crippen molar-refractivity contribution in [3.63, 3.8) is 0 Å². The Bertz CT molecular complexity index is 1410. The molecule has 0 unspecified atom stereocenters. The standard InChI is InChI=1S/C31H29N3O3/c1-22-26(11-6-12-28(22)25-9-3-2-4-10-25)16-30(36)29-17-31(27(20-34-29)19-33-13-14-35)37-21-24-8-5-7-23(15-24)18-32/h2-12,15,17,20,33,35H,13-14,16,19,21H2,1H3. The van der Waals surface area contributed by atoms with Gasteiger partial charge in [-0.15, -0.1) is 0 Å². The maximum absolute atomic E-state index is 13.3. The Morgan fingerprint density at radius 1 is 1.03 bits per heavy atom. The molecule has 186 valence electrons. The fourth-order valence-corrected chi connectivity index (χ4v) is 4.15. The van der Waals surface area contributed by atoms with Crippen LogP contribution < -0.4 is 10.1 Å². The van der Waals surface area contributed by atoms with Gasteiger partial charge in [0.15, 0.2) is 5.78 Å². The highest BCUT2D eigenvalue weighted by atomic mass is 16.5. The second kappa shape index (κ2) is 12.6. The third kappa shape index (κ3) is 6.68. The van der Waals surface area contributed by atoms with Crippen molar-refractivity contribution in [2.24, 2.45) is 0 Å². The minimum Gasteiger partial charge on any atom is -0.488 e. The number of benzene rings is 3. The van der Waals surface area contributed by atoms with Gasteiger partial charge in [0.05, 0.1) is 18.2 Å². The predicted octanol–water partition coefficient (Wildman–Crippen LogP) is 5.02. The molecule has 0 aliphatic heterocycles. The molecule has 0 radical (unpaired) electrons. The van der Waals surface area contributed by atoms with E-state index >= 15 is 0 Å². The van der Waals surface area contributed by atoms with Crippen LogP contribution in [0.3, 0.4) is 0 Å². The van der Waals surface area contributed by atoms with Gasteiger partial charge in [0.1, 0.15) is 18.1 Å². The summed E-state index contributed by atoms with van der Waals surface area (Å²) in [6, 6.07) is 27.2. The van der Waals surface area contributed by atoms with Gasteiger partial charge in [0, 0.05) is 37.3 Å². The number of Topliss-reactive ketones (excluding diaryl/α,β-unsaturated/α-hetero) is 1. The number of aromatic nitrogens is 1. The van der Waals surface area contributed by atoms with Crippen LogP contribution in [0.25, 0.3) is 11.1 Å². The van der Waals surface area contributed by atoms with Crippen LogP contribution >= 0.6 is 0 Å². The number of carbonyl (C=O) groups excluding carboxylic acids is 1. The van der Waals surface area contributed by atoms with Gasteiger partial charge in [-0.2, -0.15) is 5.26 Å². The number of aliphatic hydroxyl groups is 1. The van der Waals surface area contributed by atoms with Gasteiger partial charge in [-0.25, -0.2) is 0 Å². The van der Waals surface area contributed by atoms with E-state index in [9.17, 15) is 4.79 Å². The maximum atomic E-state index is 13.3.